The first-order valence-corrected chi connectivity index (χ1v) is 7.60. The zero-order valence-electron chi connectivity index (χ0n) is 12.2. The molecule has 2 unspecified atom stereocenters. The zero-order valence-corrected chi connectivity index (χ0v) is 13.8. The van der Waals surface area contributed by atoms with Gasteiger partial charge in [0, 0.05) is 24.7 Å². The molecule has 0 aliphatic carbocycles. The van der Waals surface area contributed by atoms with Crippen molar-refractivity contribution in [1.29, 1.82) is 0 Å². The average molecular weight is 358 g/mol. The number of carbonyl (C=O) groups is 1. The smallest absolute Gasteiger partial charge is 0.325 e. The Bertz CT molecular complexity index is 506. The monoisotopic (exact) mass is 357 g/mol. The molecule has 0 spiro atoms. The van der Waals surface area contributed by atoms with Crippen molar-refractivity contribution in [3.8, 4) is 0 Å². The summed E-state index contributed by atoms with van der Waals surface area (Å²) < 4.78 is 11.8. The van der Waals surface area contributed by atoms with Crippen molar-refractivity contribution in [2.75, 3.05) is 33.4 Å². The Labute approximate surface area is 133 Å². The molecule has 0 bridgehead atoms. The summed E-state index contributed by atoms with van der Waals surface area (Å²) in [6.45, 7) is 3.99. The third kappa shape index (κ3) is 4.03. The lowest BCUT2D eigenvalue weighted by Crippen LogP contribution is -2.54. The molecule has 0 amide bonds. The molecule has 1 aromatic rings. The second-order valence-electron chi connectivity index (χ2n) is 5.50. The topological polar surface area (TPSA) is 59.0 Å². The lowest BCUT2D eigenvalue weighted by Gasteiger charge is -2.42. The molecule has 1 aliphatic heterocycles. The van der Waals surface area contributed by atoms with Gasteiger partial charge in [-0.15, -0.1) is 0 Å². The molecule has 1 aromatic carbocycles. The number of rotatable bonds is 5. The average Bonchev–Trinajstić information content (AvgIpc) is 2.38. The highest BCUT2D eigenvalue weighted by Crippen LogP contribution is 2.29. The molecule has 0 saturated carbocycles. The molecule has 2 rings (SSSR count). The van der Waals surface area contributed by atoms with Crippen LogP contribution in [0.4, 0.5) is 0 Å². The zero-order chi connectivity index (χ0) is 15.5. The second-order valence-corrected chi connectivity index (χ2v) is 6.41. The molecular formula is C15H20BrNO4. The van der Waals surface area contributed by atoms with Crippen LogP contribution in [0.25, 0.3) is 0 Å². The maximum absolute atomic E-state index is 11.8. The molecule has 116 valence electrons. The van der Waals surface area contributed by atoms with Crippen molar-refractivity contribution < 1.29 is 19.4 Å². The molecule has 21 heavy (non-hydrogen) atoms. The lowest BCUT2D eigenvalue weighted by atomic mass is 10.00. The van der Waals surface area contributed by atoms with Crippen LogP contribution in [0.2, 0.25) is 0 Å². The molecule has 1 fully saturated rings. The van der Waals surface area contributed by atoms with E-state index in [2.05, 4.69) is 15.9 Å². The van der Waals surface area contributed by atoms with Gasteiger partial charge in [-0.2, -0.15) is 0 Å². The predicted molar refractivity (Wildman–Crippen MR) is 82.3 cm³/mol. The molecule has 1 heterocycles. The first-order chi connectivity index (χ1) is 9.95. The SMILES string of the molecule is COCC1(C)CN(C(C(=O)O)c2cccc(Br)c2)CCO1. The van der Waals surface area contributed by atoms with Crippen LogP contribution in [0.15, 0.2) is 28.7 Å². The minimum absolute atomic E-state index is 0.439. The van der Waals surface area contributed by atoms with Gasteiger partial charge in [0.05, 0.1) is 13.2 Å². The predicted octanol–water partition coefficient (Wildman–Crippen LogP) is 2.31. The molecule has 6 heteroatoms. The second kappa shape index (κ2) is 6.87. The number of nitrogens with zero attached hydrogens (tertiary/aromatic N) is 1. The fourth-order valence-electron chi connectivity index (χ4n) is 2.76. The molecule has 1 saturated heterocycles. The van der Waals surface area contributed by atoms with Crippen molar-refractivity contribution in [1.82, 2.24) is 4.90 Å². The lowest BCUT2D eigenvalue weighted by molar-refractivity contribution is -0.158. The van der Waals surface area contributed by atoms with Gasteiger partial charge >= 0.3 is 5.97 Å². The Morgan fingerprint density at radius 1 is 1.62 bits per heavy atom. The number of aliphatic carboxylic acids is 1. The van der Waals surface area contributed by atoms with E-state index in [1.807, 2.05) is 36.1 Å². The Hall–Kier alpha value is -0.950. The van der Waals surface area contributed by atoms with Crippen LogP contribution in [0.5, 0.6) is 0 Å². The summed E-state index contributed by atoms with van der Waals surface area (Å²) in [5.74, 6) is -0.852. The molecular weight excluding hydrogens is 338 g/mol. The summed E-state index contributed by atoms with van der Waals surface area (Å²) in [4.78, 5) is 13.7. The van der Waals surface area contributed by atoms with Crippen LogP contribution in [-0.4, -0.2) is 55.0 Å². The van der Waals surface area contributed by atoms with Gasteiger partial charge < -0.3 is 14.6 Å². The first kappa shape index (κ1) is 16.4. The van der Waals surface area contributed by atoms with Crippen LogP contribution < -0.4 is 0 Å². The van der Waals surface area contributed by atoms with E-state index in [9.17, 15) is 9.90 Å². The van der Waals surface area contributed by atoms with Crippen LogP contribution in [0, 0.1) is 0 Å². The van der Waals surface area contributed by atoms with E-state index in [1.165, 1.54) is 0 Å². The summed E-state index contributed by atoms with van der Waals surface area (Å²) in [6, 6.07) is 6.75. The van der Waals surface area contributed by atoms with Gasteiger partial charge in [-0.05, 0) is 24.6 Å². The summed E-state index contributed by atoms with van der Waals surface area (Å²) in [7, 11) is 1.62. The number of carboxylic acids is 1. The summed E-state index contributed by atoms with van der Waals surface area (Å²) in [5, 5.41) is 9.64. The summed E-state index contributed by atoms with van der Waals surface area (Å²) in [6.07, 6.45) is 0. The Morgan fingerprint density at radius 2 is 2.38 bits per heavy atom. The fourth-order valence-corrected chi connectivity index (χ4v) is 3.18. The largest absolute Gasteiger partial charge is 0.480 e. The Balaban J connectivity index is 2.24. The molecule has 1 aliphatic rings. The van der Waals surface area contributed by atoms with Gasteiger partial charge in [-0.25, -0.2) is 0 Å². The number of hydrogen-bond donors (Lipinski definition) is 1. The van der Waals surface area contributed by atoms with E-state index >= 15 is 0 Å². The number of ether oxygens (including phenoxy) is 2. The van der Waals surface area contributed by atoms with Crippen molar-refractivity contribution in [3.05, 3.63) is 34.3 Å². The summed E-state index contributed by atoms with van der Waals surface area (Å²) in [5.41, 5.74) is 0.283. The molecule has 1 N–H and O–H groups in total. The van der Waals surface area contributed by atoms with Crippen molar-refractivity contribution >= 4 is 21.9 Å². The maximum atomic E-state index is 11.8. The quantitative estimate of drug-likeness (QED) is 0.876. The van der Waals surface area contributed by atoms with Gasteiger partial charge in [-0.1, -0.05) is 28.1 Å². The van der Waals surface area contributed by atoms with Crippen molar-refractivity contribution in [3.63, 3.8) is 0 Å². The minimum Gasteiger partial charge on any atom is -0.480 e. The Kier molecular flexibility index (Phi) is 5.37. The van der Waals surface area contributed by atoms with E-state index in [0.717, 1.165) is 10.0 Å². The maximum Gasteiger partial charge on any atom is 0.325 e. The standard InChI is InChI=1S/C15H20BrNO4/c1-15(10-20-2)9-17(6-7-21-15)13(14(18)19)11-4-3-5-12(16)8-11/h3-5,8,13H,6-7,9-10H2,1-2H3,(H,18,19). The van der Waals surface area contributed by atoms with Crippen LogP contribution in [-0.2, 0) is 14.3 Å². The third-order valence-corrected chi connectivity index (χ3v) is 4.07. The van der Waals surface area contributed by atoms with E-state index < -0.39 is 17.6 Å². The number of morpholine rings is 1. The third-order valence-electron chi connectivity index (χ3n) is 3.58. The van der Waals surface area contributed by atoms with Crippen LogP contribution in [0.3, 0.4) is 0 Å². The number of benzene rings is 1. The normalized spacial score (nSPS) is 24.7. The van der Waals surface area contributed by atoms with Crippen molar-refractivity contribution in [2.45, 2.75) is 18.6 Å². The first-order valence-electron chi connectivity index (χ1n) is 6.80. The highest BCUT2D eigenvalue weighted by molar-refractivity contribution is 9.10. The van der Waals surface area contributed by atoms with Crippen LogP contribution >= 0.6 is 15.9 Å². The molecule has 0 aromatic heterocycles. The number of halogens is 1. The van der Waals surface area contributed by atoms with Gasteiger partial charge in [0.25, 0.3) is 0 Å². The number of carboxylic acid groups (broad SMARTS) is 1. The minimum atomic E-state index is -0.852. The number of methoxy groups -OCH3 is 1. The highest BCUT2D eigenvalue weighted by atomic mass is 79.9. The van der Waals surface area contributed by atoms with Crippen LogP contribution in [0.1, 0.15) is 18.5 Å². The van der Waals surface area contributed by atoms with Gasteiger partial charge in [0.2, 0.25) is 0 Å². The Morgan fingerprint density at radius 3 is 3.00 bits per heavy atom. The van der Waals surface area contributed by atoms with E-state index in [-0.39, 0.29) is 0 Å². The molecule has 0 radical (unpaired) electrons. The van der Waals surface area contributed by atoms with Crippen molar-refractivity contribution in [2.24, 2.45) is 0 Å². The van der Waals surface area contributed by atoms with E-state index in [1.54, 1.807) is 7.11 Å². The van der Waals surface area contributed by atoms with Gasteiger partial charge in [0.1, 0.15) is 11.6 Å². The highest BCUT2D eigenvalue weighted by Gasteiger charge is 2.38. The fraction of sp³-hybridized carbons (Fsp3) is 0.533. The summed E-state index contributed by atoms with van der Waals surface area (Å²) >= 11 is 3.39. The number of hydrogen-bond acceptors (Lipinski definition) is 4. The molecule has 5 nitrogen and oxygen atoms in total. The molecule has 2 atom stereocenters. The van der Waals surface area contributed by atoms with Gasteiger partial charge in [-0.3, -0.25) is 9.69 Å². The van der Waals surface area contributed by atoms with Gasteiger partial charge in [0.15, 0.2) is 0 Å². The van der Waals surface area contributed by atoms with E-state index in [0.29, 0.717) is 26.3 Å². The van der Waals surface area contributed by atoms with E-state index in [4.69, 9.17) is 9.47 Å².